The van der Waals surface area contributed by atoms with Gasteiger partial charge in [0.25, 0.3) is 11.7 Å². The van der Waals surface area contributed by atoms with Crippen LogP contribution in [-0.4, -0.2) is 61.3 Å². The van der Waals surface area contributed by atoms with Crippen LogP contribution in [0.4, 0.5) is 0 Å². The zero-order chi connectivity index (χ0) is 25.7. The largest absolute Gasteiger partial charge is 0.507 e. The van der Waals surface area contributed by atoms with Crippen LogP contribution < -0.4 is 14.2 Å². The molecule has 0 aromatic heterocycles. The molecule has 2 saturated heterocycles. The van der Waals surface area contributed by atoms with Gasteiger partial charge in [0.1, 0.15) is 11.5 Å². The molecule has 0 bridgehead atoms. The molecule has 0 radical (unpaired) electrons. The minimum Gasteiger partial charge on any atom is -0.507 e. The van der Waals surface area contributed by atoms with E-state index in [2.05, 4.69) is 0 Å². The van der Waals surface area contributed by atoms with Gasteiger partial charge in [0.2, 0.25) is 0 Å². The summed E-state index contributed by atoms with van der Waals surface area (Å²) in [6, 6.07) is 11.3. The van der Waals surface area contributed by atoms with E-state index in [9.17, 15) is 14.7 Å². The first-order chi connectivity index (χ1) is 17.5. The van der Waals surface area contributed by atoms with E-state index >= 15 is 0 Å². The van der Waals surface area contributed by atoms with Crippen molar-refractivity contribution in [3.63, 3.8) is 0 Å². The topological polar surface area (TPSA) is 94.5 Å². The molecule has 8 nitrogen and oxygen atoms in total. The van der Waals surface area contributed by atoms with Gasteiger partial charge in [-0.15, -0.1) is 0 Å². The van der Waals surface area contributed by atoms with Gasteiger partial charge in [-0.1, -0.05) is 13.0 Å². The van der Waals surface area contributed by atoms with Crippen molar-refractivity contribution >= 4 is 17.4 Å². The second-order valence-corrected chi connectivity index (χ2v) is 8.80. The third-order valence-corrected chi connectivity index (χ3v) is 6.37. The maximum Gasteiger partial charge on any atom is 0.295 e. The molecule has 2 atom stereocenters. The Morgan fingerprint density at radius 1 is 1.08 bits per heavy atom. The van der Waals surface area contributed by atoms with Gasteiger partial charge in [0.05, 0.1) is 38.0 Å². The summed E-state index contributed by atoms with van der Waals surface area (Å²) in [5, 5.41) is 11.3. The van der Waals surface area contributed by atoms with E-state index in [4.69, 9.17) is 18.9 Å². The van der Waals surface area contributed by atoms with Crippen LogP contribution in [-0.2, 0) is 14.3 Å². The fraction of sp³-hybridized carbons (Fsp3) is 0.429. The number of benzene rings is 2. The molecule has 2 aliphatic rings. The predicted molar refractivity (Wildman–Crippen MR) is 134 cm³/mol. The highest BCUT2D eigenvalue weighted by Gasteiger charge is 2.47. The SMILES string of the molecule is CCCOc1ccc(/C(O)=C2/C(=O)C(=O)N(CC3CCCO3)C2c2ccc(OCC)c(OC)c2)cc1. The minimum absolute atomic E-state index is 0.0337. The summed E-state index contributed by atoms with van der Waals surface area (Å²) >= 11 is 0. The number of hydrogen-bond acceptors (Lipinski definition) is 7. The Morgan fingerprint density at radius 2 is 1.86 bits per heavy atom. The van der Waals surface area contributed by atoms with E-state index in [0.29, 0.717) is 48.2 Å². The maximum absolute atomic E-state index is 13.3. The molecule has 2 unspecified atom stereocenters. The number of ether oxygens (including phenoxy) is 4. The Labute approximate surface area is 211 Å². The first-order valence-electron chi connectivity index (χ1n) is 12.4. The molecular weight excluding hydrogens is 462 g/mol. The molecule has 2 aromatic carbocycles. The van der Waals surface area contributed by atoms with Gasteiger partial charge in [0, 0.05) is 18.7 Å². The second-order valence-electron chi connectivity index (χ2n) is 8.80. The van der Waals surface area contributed by atoms with Crippen LogP contribution in [0.3, 0.4) is 0 Å². The number of aliphatic hydroxyl groups excluding tert-OH is 1. The zero-order valence-electron chi connectivity index (χ0n) is 21.0. The van der Waals surface area contributed by atoms with Crippen molar-refractivity contribution in [3.8, 4) is 17.2 Å². The Morgan fingerprint density at radius 3 is 2.50 bits per heavy atom. The molecule has 4 rings (SSSR count). The quantitative estimate of drug-likeness (QED) is 0.295. The van der Waals surface area contributed by atoms with Crippen LogP contribution >= 0.6 is 0 Å². The number of rotatable bonds is 10. The smallest absolute Gasteiger partial charge is 0.295 e. The molecule has 1 N–H and O–H groups in total. The molecule has 2 aromatic rings. The first-order valence-corrected chi connectivity index (χ1v) is 12.4. The molecule has 0 spiro atoms. The number of carbonyl (C=O) groups excluding carboxylic acids is 2. The van der Waals surface area contributed by atoms with E-state index in [0.717, 1.165) is 19.3 Å². The van der Waals surface area contributed by atoms with Gasteiger partial charge in [-0.2, -0.15) is 0 Å². The summed E-state index contributed by atoms with van der Waals surface area (Å²) in [5.74, 6) is 0.0857. The number of methoxy groups -OCH3 is 1. The van der Waals surface area contributed by atoms with Gasteiger partial charge in [-0.05, 0) is 68.1 Å². The Bertz CT molecular complexity index is 1120. The molecular formula is C28H33NO7. The van der Waals surface area contributed by atoms with Crippen molar-refractivity contribution < 1.29 is 33.6 Å². The normalized spacial score (nSPS) is 21.1. The average Bonchev–Trinajstić information content (AvgIpc) is 3.50. The highest BCUT2D eigenvalue weighted by molar-refractivity contribution is 6.46. The van der Waals surface area contributed by atoms with Crippen LogP contribution in [0.25, 0.3) is 5.76 Å². The fourth-order valence-corrected chi connectivity index (χ4v) is 4.64. The fourth-order valence-electron chi connectivity index (χ4n) is 4.64. The van der Waals surface area contributed by atoms with Crippen LogP contribution in [0.5, 0.6) is 17.2 Å². The molecule has 8 heteroatoms. The third-order valence-electron chi connectivity index (χ3n) is 6.37. The van der Waals surface area contributed by atoms with Crippen molar-refractivity contribution in [3.05, 3.63) is 59.2 Å². The lowest BCUT2D eigenvalue weighted by molar-refractivity contribution is -0.140. The Hall–Kier alpha value is -3.52. The van der Waals surface area contributed by atoms with Crippen molar-refractivity contribution in [2.45, 2.75) is 45.3 Å². The second kappa shape index (κ2) is 11.5. The molecule has 0 saturated carbocycles. The van der Waals surface area contributed by atoms with Crippen molar-refractivity contribution in [2.75, 3.05) is 33.5 Å². The average molecular weight is 496 g/mol. The number of amides is 1. The lowest BCUT2D eigenvalue weighted by Gasteiger charge is -2.28. The van der Waals surface area contributed by atoms with E-state index < -0.39 is 17.7 Å². The molecule has 2 fully saturated rings. The molecule has 36 heavy (non-hydrogen) atoms. The van der Waals surface area contributed by atoms with Crippen LogP contribution in [0, 0.1) is 0 Å². The van der Waals surface area contributed by atoms with Gasteiger partial charge in [-0.25, -0.2) is 0 Å². The Kier molecular flexibility index (Phi) is 8.15. The standard InChI is InChI=1S/C28H33NO7/c1-4-14-35-20-11-8-18(9-12-20)26(30)24-25(19-10-13-22(34-5-2)23(16-19)33-3)29(28(32)27(24)31)17-21-7-6-15-36-21/h8-13,16,21,25,30H,4-7,14-15,17H2,1-3H3/b26-24-. The van der Waals surface area contributed by atoms with Crippen molar-refractivity contribution in [1.82, 2.24) is 4.90 Å². The lowest BCUT2D eigenvalue weighted by Crippen LogP contribution is -2.36. The van der Waals surface area contributed by atoms with Crippen LogP contribution in [0.2, 0.25) is 0 Å². The first kappa shape index (κ1) is 25.6. The summed E-state index contributed by atoms with van der Waals surface area (Å²) in [6.07, 6.45) is 2.43. The summed E-state index contributed by atoms with van der Waals surface area (Å²) in [7, 11) is 1.53. The predicted octanol–water partition coefficient (Wildman–Crippen LogP) is 4.48. The maximum atomic E-state index is 13.3. The van der Waals surface area contributed by atoms with Gasteiger partial charge < -0.3 is 29.0 Å². The summed E-state index contributed by atoms with van der Waals surface area (Å²) in [4.78, 5) is 28.0. The third kappa shape index (κ3) is 5.18. The van der Waals surface area contributed by atoms with E-state index in [1.807, 2.05) is 13.8 Å². The van der Waals surface area contributed by atoms with Gasteiger partial charge in [-0.3, -0.25) is 9.59 Å². The number of ketones is 1. The van der Waals surface area contributed by atoms with E-state index in [-0.39, 0.29) is 24.0 Å². The Balaban J connectivity index is 1.78. The lowest BCUT2D eigenvalue weighted by atomic mass is 9.94. The van der Waals surface area contributed by atoms with Gasteiger partial charge in [0.15, 0.2) is 11.5 Å². The van der Waals surface area contributed by atoms with Gasteiger partial charge >= 0.3 is 0 Å². The summed E-state index contributed by atoms with van der Waals surface area (Å²) < 4.78 is 22.5. The van der Waals surface area contributed by atoms with Crippen LogP contribution in [0.1, 0.15) is 50.3 Å². The molecule has 0 aliphatic carbocycles. The summed E-state index contributed by atoms with van der Waals surface area (Å²) in [6.45, 7) is 5.83. The number of Topliss-reactive ketones (excluding diaryl/α,β-unsaturated/α-hetero) is 1. The highest BCUT2D eigenvalue weighted by atomic mass is 16.5. The zero-order valence-corrected chi connectivity index (χ0v) is 21.0. The molecule has 2 aliphatic heterocycles. The van der Waals surface area contributed by atoms with E-state index in [1.54, 1.807) is 42.5 Å². The monoisotopic (exact) mass is 495 g/mol. The number of nitrogens with zero attached hydrogens (tertiary/aromatic N) is 1. The molecule has 2 heterocycles. The number of carbonyl (C=O) groups is 2. The van der Waals surface area contributed by atoms with E-state index in [1.165, 1.54) is 12.0 Å². The minimum atomic E-state index is -0.796. The van der Waals surface area contributed by atoms with Crippen molar-refractivity contribution in [2.24, 2.45) is 0 Å². The molecule has 1 amide bonds. The highest BCUT2D eigenvalue weighted by Crippen LogP contribution is 2.42. The summed E-state index contributed by atoms with van der Waals surface area (Å²) in [5.41, 5.74) is 1.10. The van der Waals surface area contributed by atoms with Crippen LogP contribution in [0.15, 0.2) is 48.0 Å². The number of likely N-dealkylation sites (tertiary alicyclic amines) is 1. The number of hydrogen-bond donors (Lipinski definition) is 1. The van der Waals surface area contributed by atoms with Crippen molar-refractivity contribution in [1.29, 1.82) is 0 Å². The number of aliphatic hydroxyl groups is 1. The molecule has 192 valence electrons.